The number of ether oxygens (including phenoxy) is 1. The quantitative estimate of drug-likeness (QED) is 0.849. The number of hydrogen-bond acceptors (Lipinski definition) is 7. The summed E-state index contributed by atoms with van der Waals surface area (Å²) >= 11 is 0. The fourth-order valence-corrected chi connectivity index (χ4v) is 1.33. The molecular weight excluding hydrogens is 222 g/mol. The van der Waals surface area contributed by atoms with Crippen LogP contribution in [0.5, 0.6) is 0 Å². The van der Waals surface area contributed by atoms with E-state index in [9.17, 15) is 0 Å². The lowest BCUT2D eigenvalue weighted by Crippen LogP contribution is -2.01. The standard InChI is InChI=1S/C10H13N5O2/c1-3-16-6(2)9-14-10(17-15-9)7-8(11)13-5-4-12-7/h4-6H,3H2,1-2H3,(H2,11,13). The second-order valence-electron chi connectivity index (χ2n) is 3.35. The number of anilines is 1. The highest BCUT2D eigenvalue weighted by Crippen LogP contribution is 2.21. The summed E-state index contributed by atoms with van der Waals surface area (Å²) in [5.74, 6) is 0.968. The molecular formula is C10H13N5O2. The van der Waals surface area contributed by atoms with Gasteiger partial charge in [-0.05, 0) is 13.8 Å². The fraction of sp³-hybridized carbons (Fsp3) is 0.400. The van der Waals surface area contributed by atoms with Crippen molar-refractivity contribution in [2.75, 3.05) is 12.3 Å². The molecule has 1 atom stereocenters. The van der Waals surface area contributed by atoms with Gasteiger partial charge in [-0.25, -0.2) is 9.97 Å². The Kier molecular flexibility index (Phi) is 3.29. The Bertz CT molecular complexity index is 499. The lowest BCUT2D eigenvalue weighted by molar-refractivity contribution is 0.0683. The zero-order chi connectivity index (χ0) is 12.3. The van der Waals surface area contributed by atoms with Crippen molar-refractivity contribution in [1.82, 2.24) is 20.1 Å². The highest BCUT2D eigenvalue weighted by molar-refractivity contribution is 5.61. The summed E-state index contributed by atoms with van der Waals surface area (Å²) in [7, 11) is 0. The van der Waals surface area contributed by atoms with Crippen LogP contribution in [0.2, 0.25) is 0 Å². The monoisotopic (exact) mass is 235 g/mol. The number of nitrogens with two attached hydrogens (primary N) is 1. The zero-order valence-electron chi connectivity index (χ0n) is 9.62. The van der Waals surface area contributed by atoms with E-state index >= 15 is 0 Å². The summed E-state index contributed by atoms with van der Waals surface area (Å²) < 4.78 is 10.4. The number of hydrogen-bond donors (Lipinski definition) is 1. The van der Waals surface area contributed by atoms with Crippen molar-refractivity contribution in [3.8, 4) is 11.6 Å². The molecule has 0 aromatic carbocycles. The predicted octanol–water partition coefficient (Wildman–Crippen LogP) is 1.21. The number of nitrogens with zero attached hydrogens (tertiary/aromatic N) is 4. The van der Waals surface area contributed by atoms with Crippen LogP contribution in [-0.2, 0) is 4.74 Å². The van der Waals surface area contributed by atoms with Crippen LogP contribution in [0.4, 0.5) is 5.82 Å². The molecule has 0 radical (unpaired) electrons. The third-order valence-electron chi connectivity index (χ3n) is 2.15. The topological polar surface area (TPSA) is 100.0 Å². The van der Waals surface area contributed by atoms with Crippen LogP contribution < -0.4 is 5.73 Å². The lowest BCUT2D eigenvalue weighted by Gasteiger charge is -2.04. The summed E-state index contributed by atoms with van der Waals surface area (Å²) in [5.41, 5.74) is 6.05. The molecule has 0 spiro atoms. The van der Waals surface area contributed by atoms with E-state index in [2.05, 4.69) is 20.1 Å². The van der Waals surface area contributed by atoms with Crippen LogP contribution >= 0.6 is 0 Å². The van der Waals surface area contributed by atoms with E-state index in [1.165, 1.54) is 12.4 Å². The van der Waals surface area contributed by atoms with Crippen molar-refractivity contribution < 1.29 is 9.26 Å². The Morgan fingerprint density at radius 2 is 2.18 bits per heavy atom. The predicted molar refractivity (Wildman–Crippen MR) is 59.8 cm³/mol. The molecule has 0 saturated carbocycles. The van der Waals surface area contributed by atoms with Crippen molar-refractivity contribution in [2.24, 2.45) is 0 Å². The number of aromatic nitrogens is 4. The molecule has 2 aromatic heterocycles. The molecule has 2 aromatic rings. The maximum absolute atomic E-state index is 5.66. The maximum atomic E-state index is 5.66. The first-order valence-corrected chi connectivity index (χ1v) is 5.24. The average molecular weight is 235 g/mol. The van der Waals surface area contributed by atoms with Crippen LogP contribution in [0.3, 0.4) is 0 Å². The van der Waals surface area contributed by atoms with Gasteiger partial charge in [-0.3, -0.25) is 0 Å². The van der Waals surface area contributed by atoms with Crippen LogP contribution in [0.25, 0.3) is 11.6 Å². The van der Waals surface area contributed by atoms with Crippen LogP contribution in [-0.4, -0.2) is 26.7 Å². The highest BCUT2D eigenvalue weighted by Gasteiger charge is 2.17. The molecule has 0 aliphatic rings. The fourth-order valence-electron chi connectivity index (χ4n) is 1.33. The van der Waals surface area contributed by atoms with Crippen molar-refractivity contribution >= 4 is 5.82 Å². The van der Waals surface area contributed by atoms with Gasteiger partial charge in [-0.15, -0.1) is 0 Å². The summed E-state index contributed by atoms with van der Waals surface area (Å²) in [5, 5.41) is 3.82. The number of nitrogen functional groups attached to an aromatic ring is 1. The van der Waals surface area contributed by atoms with Gasteiger partial charge in [0, 0.05) is 19.0 Å². The van der Waals surface area contributed by atoms with Crippen molar-refractivity contribution in [3.05, 3.63) is 18.2 Å². The Balaban J connectivity index is 2.27. The maximum Gasteiger partial charge on any atom is 0.280 e. The number of rotatable bonds is 4. The lowest BCUT2D eigenvalue weighted by atomic mass is 10.3. The van der Waals surface area contributed by atoms with E-state index in [-0.39, 0.29) is 17.8 Å². The van der Waals surface area contributed by atoms with Crippen molar-refractivity contribution in [2.45, 2.75) is 20.0 Å². The van der Waals surface area contributed by atoms with Crippen molar-refractivity contribution in [1.29, 1.82) is 0 Å². The van der Waals surface area contributed by atoms with Gasteiger partial charge in [0.2, 0.25) is 5.82 Å². The largest absolute Gasteiger partial charge is 0.382 e. The second-order valence-corrected chi connectivity index (χ2v) is 3.35. The molecule has 7 heteroatoms. The molecule has 90 valence electrons. The average Bonchev–Trinajstić information content (AvgIpc) is 2.79. The molecule has 0 saturated heterocycles. The van der Waals surface area contributed by atoms with E-state index in [1.807, 2.05) is 13.8 Å². The smallest absolute Gasteiger partial charge is 0.280 e. The molecule has 0 aliphatic heterocycles. The third-order valence-corrected chi connectivity index (χ3v) is 2.15. The van der Waals surface area contributed by atoms with Crippen LogP contribution in [0.15, 0.2) is 16.9 Å². The molecule has 0 fully saturated rings. The highest BCUT2D eigenvalue weighted by atomic mass is 16.5. The first kappa shape index (κ1) is 11.5. The van der Waals surface area contributed by atoms with E-state index in [1.54, 1.807) is 0 Å². The van der Waals surface area contributed by atoms with Gasteiger partial charge in [-0.1, -0.05) is 5.16 Å². The van der Waals surface area contributed by atoms with Gasteiger partial charge in [0.1, 0.15) is 6.10 Å². The van der Waals surface area contributed by atoms with Gasteiger partial charge < -0.3 is 15.0 Å². The zero-order valence-corrected chi connectivity index (χ0v) is 9.62. The van der Waals surface area contributed by atoms with Gasteiger partial charge in [-0.2, -0.15) is 4.98 Å². The second kappa shape index (κ2) is 4.88. The molecule has 17 heavy (non-hydrogen) atoms. The minimum absolute atomic E-state index is 0.226. The Morgan fingerprint density at radius 3 is 2.88 bits per heavy atom. The molecule has 2 N–H and O–H groups in total. The molecule has 2 rings (SSSR count). The van der Waals surface area contributed by atoms with E-state index in [0.717, 1.165) is 0 Å². The van der Waals surface area contributed by atoms with Crippen molar-refractivity contribution in [3.63, 3.8) is 0 Å². The molecule has 0 bridgehead atoms. The first-order valence-electron chi connectivity index (χ1n) is 5.24. The Labute approximate surface area is 98.0 Å². The molecule has 2 heterocycles. The normalized spacial score (nSPS) is 12.6. The van der Waals surface area contributed by atoms with E-state index < -0.39 is 0 Å². The SMILES string of the molecule is CCOC(C)c1noc(-c2nccnc2N)n1. The van der Waals surface area contributed by atoms with Crippen LogP contribution in [0, 0.1) is 0 Å². The molecule has 0 amide bonds. The van der Waals surface area contributed by atoms with E-state index in [0.29, 0.717) is 18.1 Å². The Hall–Kier alpha value is -2.02. The summed E-state index contributed by atoms with van der Waals surface area (Å²) in [6.45, 7) is 4.33. The van der Waals surface area contributed by atoms with Gasteiger partial charge in [0.15, 0.2) is 11.5 Å². The summed E-state index contributed by atoms with van der Waals surface area (Å²) in [6.07, 6.45) is 2.79. The van der Waals surface area contributed by atoms with Crippen LogP contribution in [0.1, 0.15) is 25.8 Å². The minimum atomic E-state index is -0.226. The molecule has 1 unspecified atom stereocenters. The molecule has 0 aliphatic carbocycles. The summed E-state index contributed by atoms with van der Waals surface area (Å²) in [4.78, 5) is 12.1. The minimum Gasteiger partial charge on any atom is -0.382 e. The van der Waals surface area contributed by atoms with Gasteiger partial charge >= 0.3 is 0 Å². The molecule has 7 nitrogen and oxygen atoms in total. The summed E-state index contributed by atoms with van der Waals surface area (Å²) in [6, 6.07) is 0. The third kappa shape index (κ3) is 2.39. The first-order chi connectivity index (χ1) is 8.22. The van der Waals surface area contributed by atoms with Gasteiger partial charge in [0.05, 0.1) is 0 Å². The Morgan fingerprint density at radius 1 is 1.41 bits per heavy atom. The van der Waals surface area contributed by atoms with Gasteiger partial charge in [0.25, 0.3) is 5.89 Å². The van der Waals surface area contributed by atoms with E-state index in [4.69, 9.17) is 15.0 Å².